The number of carbonyl (C=O) groups excluding carboxylic acids is 3. The van der Waals surface area contributed by atoms with Crippen molar-refractivity contribution in [3.8, 4) is 0 Å². The first-order valence-corrected chi connectivity index (χ1v) is 9.85. The fraction of sp³-hybridized carbons (Fsp3) is 0.0952. The van der Waals surface area contributed by atoms with Gasteiger partial charge < -0.3 is 15.4 Å². The van der Waals surface area contributed by atoms with E-state index in [-0.39, 0.29) is 26.7 Å². The highest BCUT2D eigenvalue weighted by atomic mass is 35.5. The van der Waals surface area contributed by atoms with Crippen LogP contribution in [0.1, 0.15) is 36.0 Å². The molecule has 0 saturated heterocycles. The Hall–Kier alpha value is -3.23. The number of carbonyl (C=O) groups is 3. The maximum absolute atomic E-state index is 13.9. The molecule has 0 spiro atoms. The number of amides is 2. The summed E-state index contributed by atoms with van der Waals surface area (Å²) >= 11 is 6.81. The number of para-hydroxylation sites is 1. The molecule has 0 aliphatic carbocycles. The van der Waals surface area contributed by atoms with Gasteiger partial charge in [-0.3, -0.25) is 9.59 Å². The van der Waals surface area contributed by atoms with Crippen LogP contribution in [0.5, 0.6) is 0 Å². The SMILES string of the molecule is COC(=O)c1c(NC(=O)c2cccc(Cl)c2)sc(C(=O)Nc2ccccc2F)c1C. The number of anilines is 2. The molecule has 1 aromatic heterocycles. The third-order valence-electron chi connectivity index (χ3n) is 4.18. The van der Waals surface area contributed by atoms with E-state index >= 15 is 0 Å². The molecule has 0 fully saturated rings. The van der Waals surface area contributed by atoms with Gasteiger partial charge in [0.15, 0.2) is 0 Å². The van der Waals surface area contributed by atoms with E-state index in [9.17, 15) is 18.8 Å². The van der Waals surface area contributed by atoms with E-state index in [1.807, 2.05) is 0 Å². The minimum Gasteiger partial charge on any atom is -0.465 e. The molecule has 0 saturated carbocycles. The van der Waals surface area contributed by atoms with Crippen molar-refractivity contribution >= 4 is 51.4 Å². The molecule has 154 valence electrons. The van der Waals surface area contributed by atoms with Crippen LogP contribution in [0.4, 0.5) is 15.1 Å². The van der Waals surface area contributed by atoms with Crippen molar-refractivity contribution in [3.05, 3.63) is 80.9 Å². The van der Waals surface area contributed by atoms with E-state index in [0.717, 1.165) is 11.3 Å². The second-order valence-electron chi connectivity index (χ2n) is 6.15. The first-order chi connectivity index (χ1) is 14.3. The molecule has 0 aliphatic rings. The zero-order valence-corrected chi connectivity index (χ0v) is 17.5. The number of methoxy groups -OCH3 is 1. The number of nitrogens with one attached hydrogen (secondary N) is 2. The molecular formula is C21H16ClFN2O4S. The van der Waals surface area contributed by atoms with Gasteiger partial charge in [0, 0.05) is 10.6 Å². The molecule has 0 unspecified atom stereocenters. The maximum atomic E-state index is 13.9. The maximum Gasteiger partial charge on any atom is 0.341 e. The molecule has 0 atom stereocenters. The zero-order valence-electron chi connectivity index (χ0n) is 15.9. The highest BCUT2D eigenvalue weighted by Crippen LogP contribution is 2.34. The van der Waals surface area contributed by atoms with Crippen LogP contribution in [0.2, 0.25) is 5.02 Å². The minimum atomic E-state index is -0.713. The van der Waals surface area contributed by atoms with Crippen molar-refractivity contribution in [2.24, 2.45) is 0 Å². The summed E-state index contributed by atoms with van der Waals surface area (Å²) in [7, 11) is 1.20. The van der Waals surface area contributed by atoms with E-state index in [1.165, 1.54) is 31.4 Å². The summed E-state index contributed by atoms with van der Waals surface area (Å²) in [5.74, 6) is -2.43. The predicted molar refractivity (Wildman–Crippen MR) is 114 cm³/mol. The van der Waals surface area contributed by atoms with Crippen LogP contribution in [0.3, 0.4) is 0 Å². The molecule has 0 radical (unpaired) electrons. The van der Waals surface area contributed by atoms with Gasteiger partial charge in [-0.1, -0.05) is 29.8 Å². The number of benzene rings is 2. The smallest absolute Gasteiger partial charge is 0.341 e. The van der Waals surface area contributed by atoms with Crippen molar-refractivity contribution in [2.45, 2.75) is 6.92 Å². The number of ether oxygens (including phenoxy) is 1. The Kier molecular flexibility index (Phi) is 6.49. The molecule has 3 aromatic rings. The molecule has 2 N–H and O–H groups in total. The fourth-order valence-electron chi connectivity index (χ4n) is 2.71. The largest absolute Gasteiger partial charge is 0.465 e. The summed E-state index contributed by atoms with van der Waals surface area (Å²) < 4.78 is 18.7. The molecule has 3 rings (SSSR count). The monoisotopic (exact) mass is 446 g/mol. The Morgan fingerprint density at radius 3 is 2.43 bits per heavy atom. The number of hydrogen-bond acceptors (Lipinski definition) is 5. The fourth-order valence-corrected chi connectivity index (χ4v) is 3.99. The van der Waals surface area contributed by atoms with Crippen LogP contribution in [0, 0.1) is 12.7 Å². The lowest BCUT2D eigenvalue weighted by molar-refractivity contribution is 0.0601. The molecule has 0 aliphatic heterocycles. The lowest BCUT2D eigenvalue weighted by Gasteiger charge is -2.06. The predicted octanol–water partition coefficient (Wildman–Crippen LogP) is 5.14. The Labute approximate surface area is 180 Å². The summed E-state index contributed by atoms with van der Waals surface area (Å²) in [5.41, 5.74) is 0.639. The van der Waals surface area contributed by atoms with Gasteiger partial charge in [0.1, 0.15) is 10.8 Å². The van der Waals surface area contributed by atoms with Gasteiger partial charge in [0.05, 0.1) is 23.2 Å². The standard InChI is InChI=1S/C21H16ClFN2O4S/c1-11-16(21(28)29-2)20(25-18(26)12-6-5-7-13(22)10-12)30-17(11)19(27)24-15-9-4-3-8-14(15)23/h3-10H,1-2H3,(H,24,27)(H,25,26). The van der Waals surface area contributed by atoms with Gasteiger partial charge in [-0.2, -0.15) is 0 Å². The highest BCUT2D eigenvalue weighted by Gasteiger charge is 2.27. The normalized spacial score (nSPS) is 10.4. The topological polar surface area (TPSA) is 84.5 Å². The Morgan fingerprint density at radius 1 is 1.03 bits per heavy atom. The molecule has 30 heavy (non-hydrogen) atoms. The van der Waals surface area contributed by atoms with Crippen LogP contribution >= 0.6 is 22.9 Å². The van der Waals surface area contributed by atoms with Crippen molar-refractivity contribution in [1.82, 2.24) is 0 Å². The van der Waals surface area contributed by atoms with E-state index in [2.05, 4.69) is 10.6 Å². The highest BCUT2D eigenvalue weighted by molar-refractivity contribution is 7.19. The first-order valence-electron chi connectivity index (χ1n) is 8.66. The number of thiophene rings is 1. The average molecular weight is 447 g/mol. The summed E-state index contributed by atoms with van der Waals surface area (Å²) in [6.45, 7) is 1.55. The van der Waals surface area contributed by atoms with Gasteiger partial charge in [-0.15, -0.1) is 11.3 Å². The van der Waals surface area contributed by atoms with Crippen LogP contribution in [-0.2, 0) is 4.74 Å². The van der Waals surface area contributed by atoms with E-state index in [4.69, 9.17) is 16.3 Å². The van der Waals surface area contributed by atoms with Gasteiger partial charge in [-0.25, -0.2) is 9.18 Å². The van der Waals surface area contributed by atoms with Crippen molar-refractivity contribution in [3.63, 3.8) is 0 Å². The molecular weight excluding hydrogens is 431 g/mol. The lowest BCUT2D eigenvalue weighted by Crippen LogP contribution is -2.14. The number of rotatable bonds is 5. The number of hydrogen-bond donors (Lipinski definition) is 2. The Bertz CT molecular complexity index is 1150. The van der Waals surface area contributed by atoms with Gasteiger partial charge >= 0.3 is 5.97 Å². The Morgan fingerprint density at radius 2 is 1.77 bits per heavy atom. The molecule has 2 aromatic carbocycles. The van der Waals surface area contributed by atoms with Crippen LogP contribution < -0.4 is 10.6 Å². The summed E-state index contributed by atoms with van der Waals surface area (Å²) in [6, 6.07) is 12.0. The van der Waals surface area contributed by atoms with Crippen LogP contribution in [-0.4, -0.2) is 24.9 Å². The quantitative estimate of drug-likeness (QED) is 0.531. The zero-order chi connectivity index (χ0) is 21.8. The summed E-state index contributed by atoms with van der Waals surface area (Å²) in [4.78, 5) is 37.7. The van der Waals surface area contributed by atoms with Crippen LogP contribution in [0.15, 0.2) is 48.5 Å². The number of esters is 1. The van der Waals surface area contributed by atoms with Gasteiger partial charge in [0.25, 0.3) is 11.8 Å². The van der Waals surface area contributed by atoms with E-state index in [1.54, 1.807) is 31.2 Å². The van der Waals surface area contributed by atoms with Crippen molar-refractivity contribution in [2.75, 3.05) is 17.7 Å². The first kappa shape index (κ1) is 21.5. The molecule has 2 amide bonds. The summed E-state index contributed by atoms with van der Waals surface area (Å²) in [6.07, 6.45) is 0. The molecule has 0 bridgehead atoms. The second-order valence-corrected chi connectivity index (χ2v) is 7.61. The van der Waals surface area contributed by atoms with E-state index in [0.29, 0.717) is 10.6 Å². The van der Waals surface area contributed by atoms with Crippen molar-refractivity contribution < 1.29 is 23.5 Å². The third kappa shape index (κ3) is 4.50. The second kappa shape index (κ2) is 9.06. The minimum absolute atomic E-state index is 0.000527. The van der Waals surface area contributed by atoms with E-state index < -0.39 is 23.6 Å². The van der Waals surface area contributed by atoms with Gasteiger partial charge in [-0.05, 0) is 42.8 Å². The molecule has 6 nitrogen and oxygen atoms in total. The number of halogens is 2. The molecule has 9 heteroatoms. The molecule has 1 heterocycles. The summed E-state index contributed by atoms with van der Waals surface area (Å²) in [5, 5.41) is 5.62. The van der Waals surface area contributed by atoms with Crippen molar-refractivity contribution in [1.29, 1.82) is 0 Å². The Balaban J connectivity index is 1.95. The van der Waals surface area contributed by atoms with Crippen LogP contribution in [0.25, 0.3) is 0 Å². The average Bonchev–Trinajstić information content (AvgIpc) is 3.05. The lowest BCUT2D eigenvalue weighted by atomic mass is 10.1. The van der Waals surface area contributed by atoms with Gasteiger partial charge in [0.2, 0.25) is 0 Å². The third-order valence-corrected chi connectivity index (χ3v) is 5.62.